The van der Waals surface area contributed by atoms with Gasteiger partial charge >= 0.3 is 0 Å². The molecule has 0 spiro atoms. The maximum atomic E-state index is 11.2. The smallest absolute Gasteiger partial charge is 0.0582 e. The Morgan fingerprint density at radius 1 is 1.50 bits per heavy atom. The van der Waals surface area contributed by atoms with Crippen molar-refractivity contribution in [1.29, 1.82) is 0 Å². The van der Waals surface area contributed by atoms with Gasteiger partial charge in [0, 0.05) is 23.7 Å². The van der Waals surface area contributed by atoms with Crippen molar-refractivity contribution in [2.75, 3.05) is 24.7 Å². The third kappa shape index (κ3) is 6.59. The summed E-state index contributed by atoms with van der Waals surface area (Å²) in [6.45, 7) is 1.10. The fourth-order valence-electron chi connectivity index (χ4n) is 0.257. The first-order chi connectivity index (χ1) is 3.91. The summed E-state index contributed by atoms with van der Waals surface area (Å²) >= 11 is 4.20. The molecule has 0 saturated heterocycles. The molecule has 0 fully saturated rings. The maximum Gasteiger partial charge on any atom is 0.0582 e. The van der Waals surface area contributed by atoms with E-state index >= 15 is 0 Å². The second kappa shape index (κ2) is 7.59. The van der Waals surface area contributed by atoms with Gasteiger partial charge in [0.15, 0.2) is 0 Å². The fourth-order valence-corrected chi connectivity index (χ4v) is 0.567. The topological polar surface area (TPSA) is 9.23 Å². The second-order valence-electron chi connectivity index (χ2n) is 1.15. The van der Waals surface area contributed by atoms with Gasteiger partial charge in [-0.2, -0.15) is 16.5 Å². The molecule has 0 heterocycles. The van der Waals surface area contributed by atoms with Crippen molar-refractivity contribution >= 4 is 24.8 Å². The molecule has 0 aliphatic rings. The van der Waals surface area contributed by atoms with E-state index in [1.807, 2.05) is 0 Å². The van der Waals surface area contributed by atoms with Gasteiger partial charge in [-0.15, -0.1) is 0 Å². The van der Waals surface area contributed by atoms with Crippen LogP contribution in [0.15, 0.2) is 0 Å². The minimum absolute atomic E-state index is 0.302. The largest absolute Gasteiger partial charge is 0.380 e. The van der Waals surface area contributed by atoms with Gasteiger partial charge in [-0.1, -0.05) is 0 Å². The van der Waals surface area contributed by atoms with Gasteiger partial charge in [-0.25, -0.2) is 0 Å². The van der Waals surface area contributed by atoms with Gasteiger partial charge in [0.2, 0.25) is 0 Å². The standard InChI is InChI=1S/C4H9FOS2/c5-8-4-2-6-1-3-7/h7H,1-4H2. The van der Waals surface area contributed by atoms with E-state index < -0.39 is 0 Å². The van der Waals surface area contributed by atoms with Crippen LogP contribution in [0.3, 0.4) is 0 Å². The minimum Gasteiger partial charge on any atom is -0.380 e. The van der Waals surface area contributed by atoms with Crippen LogP contribution in [0.1, 0.15) is 0 Å². The number of rotatable bonds is 5. The zero-order chi connectivity index (χ0) is 6.24. The van der Waals surface area contributed by atoms with E-state index in [1.54, 1.807) is 0 Å². The molecule has 0 N–H and O–H groups in total. The Balaban J connectivity index is 2.53. The third-order valence-corrected chi connectivity index (χ3v) is 1.04. The zero-order valence-electron chi connectivity index (χ0n) is 4.47. The van der Waals surface area contributed by atoms with E-state index in [4.69, 9.17) is 4.74 Å². The molecule has 0 saturated carbocycles. The van der Waals surface area contributed by atoms with E-state index in [1.165, 1.54) is 0 Å². The first-order valence-corrected chi connectivity index (χ1v) is 3.85. The van der Waals surface area contributed by atoms with Gasteiger partial charge in [0.1, 0.15) is 0 Å². The van der Waals surface area contributed by atoms with Gasteiger partial charge in [-0.3, -0.25) is 0 Å². The molecule has 0 aliphatic carbocycles. The molecule has 0 rings (SSSR count). The summed E-state index contributed by atoms with van der Waals surface area (Å²) in [4.78, 5) is 0. The Bertz CT molecular complexity index is 39.0. The lowest BCUT2D eigenvalue weighted by molar-refractivity contribution is 0.167. The number of hydrogen-bond donors (Lipinski definition) is 1. The Kier molecular flexibility index (Phi) is 8.15. The van der Waals surface area contributed by atoms with Crippen LogP contribution in [0.4, 0.5) is 3.89 Å². The van der Waals surface area contributed by atoms with Crippen LogP contribution >= 0.6 is 24.8 Å². The molecule has 0 aromatic heterocycles. The summed E-state index contributed by atoms with van der Waals surface area (Å²) in [5.74, 6) is 1.13. The molecule has 0 unspecified atom stereocenters. The van der Waals surface area contributed by atoms with Crippen molar-refractivity contribution in [3.63, 3.8) is 0 Å². The van der Waals surface area contributed by atoms with Crippen molar-refractivity contribution in [3.8, 4) is 0 Å². The Morgan fingerprint density at radius 2 is 2.25 bits per heavy atom. The average Bonchev–Trinajstić information content (AvgIpc) is 1.81. The van der Waals surface area contributed by atoms with Crippen molar-refractivity contribution in [1.82, 2.24) is 0 Å². The van der Waals surface area contributed by atoms with Crippen LogP contribution in [0.2, 0.25) is 0 Å². The van der Waals surface area contributed by atoms with Gasteiger partial charge < -0.3 is 4.74 Å². The van der Waals surface area contributed by atoms with Crippen LogP contribution in [-0.4, -0.2) is 24.7 Å². The molecule has 8 heavy (non-hydrogen) atoms. The van der Waals surface area contributed by atoms with E-state index in [-0.39, 0.29) is 0 Å². The van der Waals surface area contributed by atoms with Gasteiger partial charge in [0.05, 0.1) is 13.2 Å². The lowest BCUT2D eigenvalue weighted by Gasteiger charge is -1.95. The van der Waals surface area contributed by atoms with E-state index in [2.05, 4.69) is 12.6 Å². The molecular formula is C4H9FOS2. The monoisotopic (exact) mass is 156 g/mol. The quantitative estimate of drug-likeness (QED) is 0.477. The fraction of sp³-hybridized carbons (Fsp3) is 1.00. The first-order valence-electron chi connectivity index (χ1n) is 2.34. The predicted octanol–water partition coefficient (Wildman–Crippen LogP) is 1.55. The van der Waals surface area contributed by atoms with Crippen LogP contribution < -0.4 is 0 Å². The van der Waals surface area contributed by atoms with E-state index in [9.17, 15) is 3.89 Å². The first kappa shape index (κ1) is 8.59. The van der Waals surface area contributed by atoms with Crippen molar-refractivity contribution in [2.24, 2.45) is 0 Å². The van der Waals surface area contributed by atoms with Crippen molar-refractivity contribution in [2.45, 2.75) is 0 Å². The SMILES string of the molecule is FSCCOCCS. The molecule has 0 aromatic rings. The van der Waals surface area contributed by atoms with Crippen LogP contribution in [0.25, 0.3) is 0 Å². The number of hydrogen-bond acceptors (Lipinski definition) is 3. The van der Waals surface area contributed by atoms with E-state index in [0.29, 0.717) is 36.9 Å². The van der Waals surface area contributed by atoms with Crippen molar-refractivity contribution < 1.29 is 8.62 Å². The number of ether oxygens (including phenoxy) is 1. The normalized spacial score (nSPS) is 9.75. The molecule has 1 nitrogen and oxygen atoms in total. The Hall–Kier alpha value is 0.590. The number of halogens is 1. The summed E-state index contributed by atoms with van der Waals surface area (Å²) in [7, 11) is 0. The molecule has 0 aliphatic heterocycles. The molecule has 0 aromatic carbocycles. The second-order valence-corrected chi connectivity index (χ2v) is 2.22. The summed E-state index contributed by atoms with van der Waals surface area (Å²) in [6.07, 6.45) is 0. The molecular weight excluding hydrogens is 147 g/mol. The zero-order valence-corrected chi connectivity index (χ0v) is 6.18. The summed E-state index contributed by atoms with van der Waals surface area (Å²) < 4.78 is 16.1. The highest BCUT2D eigenvalue weighted by molar-refractivity contribution is 7.94. The van der Waals surface area contributed by atoms with Gasteiger partial charge in [0.25, 0.3) is 0 Å². The summed E-state index contributed by atoms with van der Waals surface area (Å²) in [5, 5.41) is 0. The highest BCUT2D eigenvalue weighted by Gasteiger charge is 1.84. The lowest BCUT2D eigenvalue weighted by Crippen LogP contribution is -1.98. The molecule has 50 valence electrons. The van der Waals surface area contributed by atoms with Crippen LogP contribution in [0, 0.1) is 0 Å². The highest BCUT2D eigenvalue weighted by atomic mass is 32.2. The van der Waals surface area contributed by atoms with Crippen LogP contribution in [-0.2, 0) is 4.74 Å². The molecule has 0 atom stereocenters. The van der Waals surface area contributed by atoms with Crippen LogP contribution in [0.5, 0.6) is 0 Å². The minimum atomic E-state index is 0.302. The van der Waals surface area contributed by atoms with Crippen molar-refractivity contribution in [3.05, 3.63) is 0 Å². The molecule has 0 radical (unpaired) electrons. The molecule has 4 heteroatoms. The maximum absolute atomic E-state index is 11.2. The Labute approximate surface area is 58.7 Å². The molecule has 0 bridgehead atoms. The van der Waals surface area contributed by atoms with Gasteiger partial charge in [-0.05, 0) is 0 Å². The third-order valence-electron chi connectivity index (χ3n) is 0.540. The predicted molar refractivity (Wildman–Crippen MR) is 38.2 cm³/mol. The highest BCUT2D eigenvalue weighted by Crippen LogP contribution is 1.97. The molecule has 0 amide bonds. The number of thiol groups is 1. The Morgan fingerprint density at radius 3 is 2.75 bits per heavy atom. The summed E-state index contributed by atoms with van der Waals surface area (Å²) in [5.41, 5.74) is 0. The summed E-state index contributed by atoms with van der Waals surface area (Å²) in [6, 6.07) is 0. The lowest BCUT2D eigenvalue weighted by atomic mass is 10.8. The van der Waals surface area contributed by atoms with E-state index in [0.717, 1.165) is 0 Å². The average molecular weight is 156 g/mol.